The number of benzene rings is 1. The van der Waals surface area contributed by atoms with Crippen LogP contribution in [-0.2, 0) is 19.1 Å². The average molecular weight is 513 g/mol. The minimum atomic E-state index is -0.675. The zero-order chi connectivity index (χ0) is 24.1. The summed E-state index contributed by atoms with van der Waals surface area (Å²) in [4.78, 5) is 29.6. The van der Waals surface area contributed by atoms with Gasteiger partial charge in [-0.15, -0.1) is 0 Å². The van der Waals surface area contributed by atoms with Crippen molar-refractivity contribution >= 4 is 26.7 Å². The third kappa shape index (κ3) is 4.02. The molecule has 33 heavy (non-hydrogen) atoms. The lowest BCUT2D eigenvalue weighted by atomic mass is 9.86. The van der Waals surface area contributed by atoms with Crippen LogP contribution in [0.3, 0.4) is 0 Å². The lowest BCUT2D eigenvalue weighted by molar-refractivity contribution is 0.281. The van der Waals surface area contributed by atoms with Crippen LogP contribution >= 0.6 is 15.9 Å². The van der Waals surface area contributed by atoms with Crippen LogP contribution in [0.25, 0.3) is 27.7 Å². The normalized spacial score (nSPS) is 11.8. The Morgan fingerprint density at radius 2 is 1.88 bits per heavy atom. The maximum atomic E-state index is 15.0. The van der Waals surface area contributed by atoms with Crippen molar-refractivity contribution in [3.63, 3.8) is 0 Å². The molecule has 4 rings (SSSR count). The van der Waals surface area contributed by atoms with Gasteiger partial charge in [0.05, 0.1) is 22.7 Å². The molecule has 0 unspecified atom stereocenters. The number of aryl methyl sites for hydroxylation is 1. The van der Waals surface area contributed by atoms with E-state index in [1.165, 1.54) is 23.0 Å². The van der Waals surface area contributed by atoms with Crippen molar-refractivity contribution < 1.29 is 9.50 Å². The minimum Gasteiger partial charge on any atom is -0.392 e. The summed E-state index contributed by atoms with van der Waals surface area (Å²) >= 11 is 3.25. The molecule has 7 nitrogen and oxygen atoms in total. The summed E-state index contributed by atoms with van der Waals surface area (Å²) < 4.78 is 17.8. The van der Waals surface area contributed by atoms with E-state index in [2.05, 4.69) is 26.0 Å². The van der Waals surface area contributed by atoms with Crippen molar-refractivity contribution in [3.8, 4) is 16.9 Å². The molecule has 0 aliphatic carbocycles. The second kappa shape index (κ2) is 8.31. The number of hydrogen-bond donors (Lipinski definition) is 1. The highest BCUT2D eigenvalue weighted by Crippen LogP contribution is 2.29. The van der Waals surface area contributed by atoms with E-state index in [1.807, 2.05) is 20.8 Å². The van der Waals surface area contributed by atoms with Crippen LogP contribution in [0, 0.1) is 5.82 Å². The molecule has 0 aliphatic heterocycles. The SMILES string of the molecule is Cn1cc(-c2ccnc(-n3ncc4cc(C(C)(C)C)cc(F)c4c3=O)c2CO)cc(Br)c1=O. The molecule has 9 heteroatoms. The van der Waals surface area contributed by atoms with Gasteiger partial charge in [0.25, 0.3) is 11.1 Å². The molecule has 1 aromatic carbocycles. The van der Waals surface area contributed by atoms with Crippen LogP contribution in [-0.4, -0.2) is 24.4 Å². The van der Waals surface area contributed by atoms with E-state index >= 15 is 4.39 Å². The predicted octanol–water partition coefficient (Wildman–Crippen LogP) is 3.84. The van der Waals surface area contributed by atoms with Crippen molar-refractivity contribution in [2.24, 2.45) is 7.05 Å². The number of aliphatic hydroxyl groups excluding tert-OH is 1. The maximum absolute atomic E-state index is 15.0. The first-order valence-corrected chi connectivity index (χ1v) is 11.0. The van der Waals surface area contributed by atoms with Crippen LogP contribution < -0.4 is 11.1 Å². The Labute approximate surface area is 197 Å². The van der Waals surface area contributed by atoms with Gasteiger partial charge in [-0.25, -0.2) is 9.37 Å². The molecular weight excluding hydrogens is 491 g/mol. The molecule has 3 heterocycles. The molecule has 1 N–H and O–H groups in total. The molecule has 0 fully saturated rings. The second-order valence-corrected chi connectivity index (χ2v) is 9.70. The van der Waals surface area contributed by atoms with Crippen molar-refractivity contribution in [3.05, 3.63) is 85.0 Å². The molecule has 3 aromatic heterocycles. The van der Waals surface area contributed by atoms with Crippen LogP contribution in [0.1, 0.15) is 31.9 Å². The first-order chi connectivity index (χ1) is 15.5. The molecule has 0 radical (unpaired) electrons. The molecule has 0 bridgehead atoms. The molecule has 4 aromatic rings. The fourth-order valence-corrected chi connectivity index (χ4v) is 4.25. The number of hydrogen-bond acceptors (Lipinski definition) is 5. The van der Waals surface area contributed by atoms with Crippen LogP contribution in [0.4, 0.5) is 4.39 Å². The Hall–Kier alpha value is -3.17. The Balaban J connectivity index is 1.97. The summed E-state index contributed by atoms with van der Waals surface area (Å²) in [5, 5.41) is 14.7. The number of aromatic nitrogens is 4. The maximum Gasteiger partial charge on any atom is 0.283 e. The summed E-state index contributed by atoms with van der Waals surface area (Å²) in [6, 6.07) is 6.43. The highest BCUT2D eigenvalue weighted by molar-refractivity contribution is 9.10. The van der Waals surface area contributed by atoms with Crippen LogP contribution in [0.2, 0.25) is 0 Å². The van der Waals surface area contributed by atoms with Gasteiger partial charge >= 0.3 is 0 Å². The van der Waals surface area contributed by atoms with Crippen molar-refractivity contribution in [2.45, 2.75) is 32.8 Å². The molecular formula is C24H22BrFN4O3. The Bertz CT molecular complexity index is 1490. The van der Waals surface area contributed by atoms with E-state index in [4.69, 9.17) is 0 Å². The summed E-state index contributed by atoms with van der Waals surface area (Å²) in [5.74, 6) is -0.548. The minimum absolute atomic E-state index is 0.0890. The zero-order valence-corrected chi connectivity index (χ0v) is 20.1. The lowest BCUT2D eigenvalue weighted by Crippen LogP contribution is -2.25. The number of aliphatic hydroxyl groups is 1. The van der Waals surface area contributed by atoms with Crippen LogP contribution in [0.15, 0.2) is 56.9 Å². The predicted molar refractivity (Wildman–Crippen MR) is 128 cm³/mol. The Kier molecular flexibility index (Phi) is 5.79. The number of nitrogens with zero attached hydrogens (tertiary/aromatic N) is 4. The molecule has 0 saturated carbocycles. The summed E-state index contributed by atoms with van der Waals surface area (Å²) in [7, 11) is 1.61. The number of fused-ring (bicyclic) bond motifs is 1. The van der Waals surface area contributed by atoms with Gasteiger partial charge in [0, 0.05) is 30.4 Å². The first-order valence-electron chi connectivity index (χ1n) is 10.2. The molecule has 0 amide bonds. The summed E-state index contributed by atoms with van der Waals surface area (Å²) in [6.45, 7) is 5.44. The number of halogens is 2. The standard InChI is InChI=1S/C24H22BrFN4O3/c1-24(2,3)15-7-13-10-28-30(23(33)20(13)19(26)9-15)21-17(12-31)16(5-6-27-21)14-8-18(25)22(32)29(4)11-14/h5-11,31H,12H2,1-4H3. The topological polar surface area (TPSA) is 90.0 Å². The van der Waals surface area contributed by atoms with Crippen LogP contribution in [0.5, 0.6) is 0 Å². The van der Waals surface area contributed by atoms with E-state index < -0.39 is 18.0 Å². The number of rotatable bonds is 3. The van der Waals surface area contributed by atoms with Crippen molar-refractivity contribution in [1.29, 1.82) is 0 Å². The fraction of sp³-hybridized carbons (Fsp3) is 0.250. The molecule has 170 valence electrons. The van der Waals surface area contributed by atoms with Crippen molar-refractivity contribution in [1.82, 2.24) is 19.3 Å². The van der Waals surface area contributed by atoms with E-state index in [-0.39, 0.29) is 22.2 Å². The summed E-state index contributed by atoms with van der Waals surface area (Å²) in [6.07, 6.45) is 4.52. The zero-order valence-electron chi connectivity index (χ0n) is 18.6. The van der Waals surface area contributed by atoms with Gasteiger partial charge in [-0.2, -0.15) is 9.78 Å². The first kappa shape index (κ1) is 23.0. The van der Waals surface area contributed by atoms with E-state index in [0.717, 1.165) is 10.2 Å². The monoisotopic (exact) mass is 512 g/mol. The van der Waals surface area contributed by atoms with E-state index in [0.29, 0.717) is 26.5 Å². The molecule has 0 aliphatic rings. The highest BCUT2D eigenvalue weighted by atomic mass is 79.9. The smallest absolute Gasteiger partial charge is 0.283 e. The average Bonchev–Trinajstić information content (AvgIpc) is 2.76. The Morgan fingerprint density at radius 3 is 2.52 bits per heavy atom. The lowest BCUT2D eigenvalue weighted by Gasteiger charge is -2.20. The number of pyridine rings is 2. The van der Waals surface area contributed by atoms with Gasteiger partial charge in [0.1, 0.15) is 5.82 Å². The third-order valence-corrected chi connectivity index (χ3v) is 6.12. The van der Waals surface area contributed by atoms with Gasteiger partial charge in [-0.3, -0.25) is 9.59 Å². The third-order valence-electron chi connectivity index (χ3n) is 5.55. The second-order valence-electron chi connectivity index (χ2n) is 8.85. The van der Waals surface area contributed by atoms with Gasteiger partial charge in [-0.05, 0) is 62.3 Å². The summed E-state index contributed by atoms with van der Waals surface area (Å²) in [5.41, 5.74) is 1.09. The molecule has 0 atom stereocenters. The van der Waals surface area contributed by atoms with E-state index in [1.54, 1.807) is 31.4 Å². The molecule has 0 spiro atoms. The fourth-order valence-electron chi connectivity index (χ4n) is 3.73. The van der Waals surface area contributed by atoms with E-state index in [9.17, 15) is 14.7 Å². The van der Waals surface area contributed by atoms with Crippen molar-refractivity contribution in [2.75, 3.05) is 0 Å². The van der Waals surface area contributed by atoms with Gasteiger partial charge < -0.3 is 9.67 Å². The largest absolute Gasteiger partial charge is 0.392 e. The quantitative estimate of drug-likeness (QED) is 0.450. The highest BCUT2D eigenvalue weighted by Gasteiger charge is 2.21. The van der Waals surface area contributed by atoms with Gasteiger partial charge in [0.15, 0.2) is 5.82 Å². The molecule has 0 saturated heterocycles. The van der Waals surface area contributed by atoms with Gasteiger partial charge in [-0.1, -0.05) is 20.8 Å². The van der Waals surface area contributed by atoms with Gasteiger partial charge in [0.2, 0.25) is 0 Å². The Morgan fingerprint density at radius 1 is 1.15 bits per heavy atom.